The van der Waals surface area contributed by atoms with Crippen LogP contribution in [-0.2, 0) is 4.52 Å². The quantitative estimate of drug-likeness (QED) is 0.673. The second kappa shape index (κ2) is 4.08. The Morgan fingerprint density at radius 2 is 2.15 bits per heavy atom. The van der Waals surface area contributed by atoms with Gasteiger partial charge in [-0.1, -0.05) is 25.1 Å². The van der Waals surface area contributed by atoms with E-state index in [0.717, 1.165) is 19.3 Å². The SMILES string of the molecule is CCP1OCCN1c1ccccc1. The van der Waals surface area contributed by atoms with Crippen molar-refractivity contribution in [1.29, 1.82) is 0 Å². The molecule has 2 rings (SSSR count). The molecule has 1 unspecified atom stereocenters. The molecule has 1 saturated heterocycles. The standard InChI is InChI=1S/C10H14NOP/c1-2-13-11(8-9-12-13)10-6-4-3-5-7-10/h3-7H,2,8-9H2,1H3. The Kier molecular flexibility index (Phi) is 2.82. The summed E-state index contributed by atoms with van der Waals surface area (Å²) in [6.07, 6.45) is 1.12. The molecule has 1 aliphatic heterocycles. The van der Waals surface area contributed by atoms with Crippen molar-refractivity contribution in [2.45, 2.75) is 6.92 Å². The van der Waals surface area contributed by atoms with Gasteiger partial charge in [-0.15, -0.1) is 0 Å². The van der Waals surface area contributed by atoms with Gasteiger partial charge in [-0.2, -0.15) is 0 Å². The third kappa shape index (κ3) is 1.84. The Hall–Kier alpha value is -0.590. The van der Waals surface area contributed by atoms with E-state index in [1.54, 1.807) is 0 Å². The van der Waals surface area contributed by atoms with Crippen LogP contribution in [0.2, 0.25) is 0 Å². The predicted molar refractivity (Wildman–Crippen MR) is 57.2 cm³/mol. The van der Waals surface area contributed by atoms with Crippen LogP contribution in [0.25, 0.3) is 0 Å². The molecular formula is C10H14NOP. The van der Waals surface area contributed by atoms with Crippen LogP contribution in [0.5, 0.6) is 0 Å². The van der Waals surface area contributed by atoms with Crippen molar-refractivity contribution in [1.82, 2.24) is 0 Å². The molecule has 3 heteroatoms. The van der Waals surface area contributed by atoms with E-state index in [1.807, 2.05) is 0 Å². The first-order valence-corrected chi connectivity index (χ1v) is 6.04. The van der Waals surface area contributed by atoms with Crippen LogP contribution in [0, 0.1) is 0 Å². The van der Waals surface area contributed by atoms with E-state index in [9.17, 15) is 0 Å². The largest absolute Gasteiger partial charge is 0.337 e. The first-order chi connectivity index (χ1) is 6.42. The summed E-state index contributed by atoms with van der Waals surface area (Å²) in [4.78, 5) is 0. The first-order valence-electron chi connectivity index (χ1n) is 4.65. The van der Waals surface area contributed by atoms with Crippen molar-refractivity contribution in [2.75, 3.05) is 24.0 Å². The van der Waals surface area contributed by atoms with Crippen molar-refractivity contribution >= 4 is 14.0 Å². The van der Waals surface area contributed by atoms with Gasteiger partial charge in [0, 0.05) is 18.4 Å². The molecule has 1 aromatic rings. The second-order valence-corrected chi connectivity index (χ2v) is 5.04. The van der Waals surface area contributed by atoms with Crippen molar-refractivity contribution < 1.29 is 4.52 Å². The van der Waals surface area contributed by atoms with Gasteiger partial charge >= 0.3 is 0 Å². The highest BCUT2D eigenvalue weighted by Crippen LogP contribution is 2.47. The summed E-state index contributed by atoms with van der Waals surface area (Å²) in [5.41, 5.74) is 1.30. The van der Waals surface area contributed by atoms with Crippen LogP contribution >= 0.6 is 8.30 Å². The van der Waals surface area contributed by atoms with Gasteiger partial charge in [0.1, 0.15) is 8.30 Å². The maximum atomic E-state index is 5.66. The zero-order valence-corrected chi connectivity index (χ0v) is 8.71. The number of anilines is 1. The third-order valence-electron chi connectivity index (χ3n) is 2.14. The number of benzene rings is 1. The van der Waals surface area contributed by atoms with Crippen molar-refractivity contribution in [2.24, 2.45) is 0 Å². The van der Waals surface area contributed by atoms with Gasteiger partial charge in [0.15, 0.2) is 0 Å². The van der Waals surface area contributed by atoms with Gasteiger partial charge in [0.25, 0.3) is 0 Å². The normalized spacial score (nSPS) is 22.2. The number of hydrogen-bond acceptors (Lipinski definition) is 2. The minimum absolute atomic E-state index is 0.349. The molecule has 1 atom stereocenters. The van der Waals surface area contributed by atoms with Gasteiger partial charge < -0.3 is 9.19 Å². The summed E-state index contributed by atoms with van der Waals surface area (Å²) >= 11 is 0. The number of hydrogen-bond donors (Lipinski definition) is 0. The Morgan fingerprint density at radius 3 is 2.85 bits per heavy atom. The summed E-state index contributed by atoms with van der Waals surface area (Å²) in [5, 5.41) is 0. The second-order valence-electron chi connectivity index (χ2n) is 2.96. The molecule has 1 heterocycles. The molecule has 0 spiro atoms. The van der Waals surface area contributed by atoms with Gasteiger partial charge in [-0.3, -0.25) is 0 Å². The average molecular weight is 195 g/mol. The Labute approximate surface area is 80.4 Å². The van der Waals surface area contributed by atoms with Crippen LogP contribution in [-0.4, -0.2) is 19.3 Å². The minimum atomic E-state index is -0.349. The highest BCUT2D eigenvalue weighted by atomic mass is 31.2. The zero-order chi connectivity index (χ0) is 9.10. The summed E-state index contributed by atoms with van der Waals surface area (Å²) in [6, 6.07) is 10.5. The molecule has 1 aromatic carbocycles. The molecule has 70 valence electrons. The lowest BCUT2D eigenvalue weighted by Gasteiger charge is -2.22. The van der Waals surface area contributed by atoms with E-state index in [4.69, 9.17) is 4.52 Å². The smallest absolute Gasteiger partial charge is 0.132 e. The van der Waals surface area contributed by atoms with E-state index >= 15 is 0 Å². The van der Waals surface area contributed by atoms with Gasteiger partial charge in [-0.05, 0) is 12.1 Å². The molecule has 13 heavy (non-hydrogen) atoms. The van der Waals surface area contributed by atoms with E-state index in [-0.39, 0.29) is 8.30 Å². The van der Waals surface area contributed by atoms with E-state index in [1.165, 1.54) is 5.69 Å². The third-order valence-corrected chi connectivity index (χ3v) is 4.13. The summed E-state index contributed by atoms with van der Waals surface area (Å²) in [7, 11) is -0.349. The molecule has 0 aliphatic carbocycles. The molecule has 0 amide bonds. The Bertz CT molecular complexity index is 265. The highest BCUT2D eigenvalue weighted by Gasteiger charge is 2.23. The monoisotopic (exact) mass is 195 g/mol. The fourth-order valence-electron chi connectivity index (χ4n) is 1.53. The predicted octanol–water partition coefficient (Wildman–Crippen LogP) is 2.86. The molecule has 2 nitrogen and oxygen atoms in total. The summed E-state index contributed by atoms with van der Waals surface area (Å²) in [6.45, 7) is 4.12. The molecule has 0 aromatic heterocycles. The molecule has 0 radical (unpaired) electrons. The van der Waals surface area contributed by atoms with Crippen LogP contribution in [0.4, 0.5) is 5.69 Å². The maximum absolute atomic E-state index is 5.66. The van der Waals surface area contributed by atoms with Crippen LogP contribution in [0.15, 0.2) is 30.3 Å². The lowest BCUT2D eigenvalue weighted by atomic mass is 10.3. The fraction of sp³-hybridized carbons (Fsp3) is 0.400. The van der Waals surface area contributed by atoms with E-state index in [0.29, 0.717) is 0 Å². The van der Waals surface area contributed by atoms with Gasteiger partial charge in [-0.25, -0.2) is 0 Å². The topological polar surface area (TPSA) is 12.5 Å². The van der Waals surface area contributed by atoms with Gasteiger partial charge in [0.05, 0.1) is 6.61 Å². The highest BCUT2D eigenvalue weighted by molar-refractivity contribution is 7.54. The minimum Gasteiger partial charge on any atom is -0.337 e. The lowest BCUT2D eigenvalue weighted by molar-refractivity contribution is 0.398. The van der Waals surface area contributed by atoms with Crippen LogP contribution < -0.4 is 4.67 Å². The van der Waals surface area contributed by atoms with Crippen molar-refractivity contribution in [3.05, 3.63) is 30.3 Å². The molecule has 0 saturated carbocycles. The number of para-hydroxylation sites is 1. The summed E-state index contributed by atoms with van der Waals surface area (Å²) in [5.74, 6) is 0. The molecule has 0 bridgehead atoms. The van der Waals surface area contributed by atoms with Crippen LogP contribution in [0.3, 0.4) is 0 Å². The molecule has 1 fully saturated rings. The first kappa shape index (κ1) is 8.98. The Balaban J connectivity index is 2.16. The summed E-state index contributed by atoms with van der Waals surface area (Å²) < 4.78 is 8.04. The Morgan fingerprint density at radius 1 is 1.38 bits per heavy atom. The molecule has 0 N–H and O–H groups in total. The van der Waals surface area contributed by atoms with Crippen molar-refractivity contribution in [3.63, 3.8) is 0 Å². The van der Waals surface area contributed by atoms with Crippen LogP contribution in [0.1, 0.15) is 6.92 Å². The molecular weight excluding hydrogens is 181 g/mol. The number of nitrogens with zero attached hydrogens (tertiary/aromatic N) is 1. The number of rotatable bonds is 2. The zero-order valence-electron chi connectivity index (χ0n) is 7.81. The van der Waals surface area contributed by atoms with Crippen molar-refractivity contribution in [3.8, 4) is 0 Å². The fourth-order valence-corrected chi connectivity index (χ4v) is 3.19. The van der Waals surface area contributed by atoms with E-state index < -0.39 is 0 Å². The lowest BCUT2D eigenvalue weighted by Crippen LogP contribution is -2.13. The van der Waals surface area contributed by atoms with E-state index in [2.05, 4.69) is 41.9 Å². The van der Waals surface area contributed by atoms with Gasteiger partial charge in [0.2, 0.25) is 0 Å². The maximum Gasteiger partial charge on any atom is 0.132 e. The molecule has 1 aliphatic rings. The average Bonchev–Trinajstić information content (AvgIpc) is 2.67.